The summed E-state index contributed by atoms with van der Waals surface area (Å²) in [6, 6.07) is 8.68. The second-order valence-corrected chi connectivity index (χ2v) is 5.44. The van der Waals surface area contributed by atoms with Crippen molar-refractivity contribution < 1.29 is 9.90 Å². The number of nitrogens with zero attached hydrogens (tertiary/aromatic N) is 1. The van der Waals surface area contributed by atoms with Crippen LogP contribution in [-0.4, -0.2) is 35.1 Å². The molecule has 0 fully saturated rings. The van der Waals surface area contributed by atoms with Crippen molar-refractivity contribution in [1.29, 1.82) is 0 Å². The van der Waals surface area contributed by atoms with Crippen LogP contribution in [0, 0.1) is 0 Å². The molecule has 0 spiro atoms. The van der Waals surface area contributed by atoms with E-state index in [2.05, 4.69) is 48.3 Å². The van der Waals surface area contributed by atoms with Gasteiger partial charge < -0.3 is 10.4 Å². The molecule has 0 aliphatic carbocycles. The Balaban J connectivity index is 2.56. The summed E-state index contributed by atoms with van der Waals surface area (Å²) in [6.07, 6.45) is 0.878. The van der Waals surface area contributed by atoms with Gasteiger partial charge in [-0.3, -0.25) is 9.69 Å². The molecule has 2 N–H and O–H groups in total. The van der Waals surface area contributed by atoms with Gasteiger partial charge in [-0.1, -0.05) is 38.1 Å². The molecule has 0 amide bonds. The minimum absolute atomic E-state index is 0.211. The average Bonchev–Trinajstić information content (AvgIpc) is 2.49. The molecule has 1 unspecified atom stereocenters. The molecule has 0 radical (unpaired) electrons. The van der Waals surface area contributed by atoms with Gasteiger partial charge in [-0.15, -0.1) is 0 Å². The number of aliphatic carboxylic acids is 1. The quantitative estimate of drug-likeness (QED) is 0.696. The molecule has 1 aromatic carbocycles. The van der Waals surface area contributed by atoms with E-state index >= 15 is 0 Å². The summed E-state index contributed by atoms with van der Waals surface area (Å²) in [5, 5.41) is 12.1. The van der Waals surface area contributed by atoms with E-state index in [-0.39, 0.29) is 12.5 Å². The van der Waals surface area contributed by atoms with Gasteiger partial charge in [-0.25, -0.2) is 0 Å². The molecular weight excluding hydrogens is 264 g/mol. The van der Waals surface area contributed by atoms with Crippen molar-refractivity contribution >= 4 is 5.97 Å². The lowest BCUT2D eigenvalue weighted by atomic mass is 10.1. The summed E-state index contributed by atoms with van der Waals surface area (Å²) in [4.78, 5) is 13.0. The first-order valence-corrected chi connectivity index (χ1v) is 7.81. The summed E-state index contributed by atoms with van der Waals surface area (Å²) < 4.78 is 0. The van der Waals surface area contributed by atoms with Gasteiger partial charge in [0.05, 0.1) is 0 Å². The van der Waals surface area contributed by atoms with Crippen LogP contribution in [0.1, 0.15) is 44.7 Å². The fourth-order valence-corrected chi connectivity index (χ4v) is 2.30. The molecular formula is C17H28N2O2. The maximum Gasteiger partial charge on any atom is 0.303 e. The summed E-state index contributed by atoms with van der Waals surface area (Å²) in [6.45, 7) is 10.2. The lowest BCUT2D eigenvalue weighted by molar-refractivity contribution is -0.137. The molecule has 0 aliphatic heterocycles. The molecule has 0 bridgehead atoms. The Morgan fingerprint density at radius 2 is 1.86 bits per heavy atom. The molecule has 0 aliphatic rings. The zero-order valence-corrected chi connectivity index (χ0v) is 13.4. The molecule has 4 nitrogen and oxygen atoms in total. The van der Waals surface area contributed by atoms with E-state index in [1.807, 2.05) is 6.92 Å². The number of rotatable bonds is 10. The molecule has 0 saturated heterocycles. The van der Waals surface area contributed by atoms with Crippen molar-refractivity contribution in [2.45, 2.75) is 52.7 Å². The van der Waals surface area contributed by atoms with E-state index in [9.17, 15) is 4.79 Å². The zero-order valence-electron chi connectivity index (χ0n) is 13.4. The highest BCUT2D eigenvalue weighted by atomic mass is 16.4. The van der Waals surface area contributed by atoms with E-state index in [0.717, 1.165) is 26.2 Å². The second-order valence-electron chi connectivity index (χ2n) is 5.44. The predicted octanol–water partition coefficient (Wildman–Crippen LogP) is 2.87. The van der Waals surface area contributed by atoms with Crippen LogP contribution >= 0.6 is 0 Å². The lowest BCUT2D eigenvalue weighted by Gasteiger charge is -2.21. The van der Waals surface area contributed by atoms with Crippen LogP contribution < -0.4 is 5.32 Å². The van der Waals surface area contributed by atoms with Crippen molar-refractivity contribution in [3.05, 3.63) is 35.4 Å². The number of hydrogen-bond acceptors (Lipinski definition) is 3. The number of carboxylic acid groups (broad SMARTS) is 1. The summed E-state index contributed by atoms with van der Waals surface area (Å²) in [5.74, 6) is -0.731. The molecule has 0 aromatic heterocycles. The van der Waals surface area contributed by atoms with Crippen molar-refractivity contribution in [3.63, 3.8) is 0 Å². The van der Waals surface area contributed by atoms with E-state index in [0.29, 0.717) is 6.42 Å². The first-order valence-electron chi connectivity index (χ1n) is 7.81. The first kappa shape index (κ1) is 17.7. The smallest absolute Gasteiger partial charge is 0.303 e. The third-order valence-electron chi connectivity index (χ3n) is 3.84. The molecule has 1 rings (SSSR count). The van der Waals surface area contributed by atoms with Gasteiger partial charge in [0.1, 0.15) is 0 Å². The van der Waals surface area contributed by atoms with Crippen LogP contribution in [0.25, 0.3) is 0 Å². The largest absolute Gasteiger partial charge is 0.481 e. The molecule has 0 saturated carbocycles. The highest BCUT2D eigenvalue weighted by Gasteiger charge is 2.08. The van der Waals surface area contributed by atoms with Gasteiger partial charge in [0.2, 0.25) is 0 Å². The fraction of sp³-hybridized carbons (Fsp3) is 0.588. The molecule has 118 valence electrons. The Bertz CT molecular complexity index is 431. The molecule has 1 aromatic rings. The third kappa shape index (κ3) is 6.74. The molecule has 21 heavy (non-hydrogen) atoms. The Labute approximate surface area is 128 Å². The Morgan fingerprint density at radius 1 is 1.24 bits per heavy atom. The van der Waals surface area contributed by atoms with E-state index in [4.69, 9.17) is 5.11 Å². The second kappa shape index (κ2) is 9.53. The van der Waals surface area contributed by atoms with Gasteiger partial charge in [-0.2, -0.15) is 0 Å². The van der Waals surface area contributed by atoms with Crippen LogP contribution in [0.5, 0.6) is 0 Å². The predicted molar refractivity (Wildman–Crippen MR) is 86.2 cm³/mol. The molecule has 4 heteroatoms. The number of hydrogen-bond donors (Lipinski definition) is 2. The van der Waals surface area contributed by atoms with Gasteiger partial charge in [0.15, 0.2) is 0 Å². The fourth-order valence-electron chi connectivity index (χ4n) is 2.30. The van der Waals surface area contributed by atoms with Crippen LogP contribution in [0.4, 0.5) is 0 Å². The summed E-state index contributed by atoms with van der Waals surface area (Å²) >= 11 is 0. The monoisotopic (exact) mass is 292 g/mol. The summed E-state index contributed by atoms with van der Waals surface area (Å²) in [5.41, 5.74) is 2.64. The van der Waals surface area contributed by atoms with Crippen LogP contribution in [0.15, 0.2) is 24.3 Å². The number of nitrogens with one attached hydrogen (secondary N) is 1. The normalized spacial score (nSPS) is 12.6. The lowest BCUT2D eigenvalue weighted by Crippen LogP contribution is -2.28. The number of carbonyl (C=O) groups is 1. The van der Waals surface area contributed by atoms with E-state index in [1.54, 1.807) is 0 Å². The van der Waals surface area contributed by atoms with E-state index < -0.39 is 5.97 Å². The van der Waals surface area contributed by atoms with Crippen LogP contribution in [0.2, 0.25) is 0 Å². The first-order chi connectivity index (χ1) is 10.1. The molecule has 0 heterocycles. The highest BCUT2D eigenvalue weighted by molar-refractivity contribution is 5.66. The minimum atomic E-state index is -0.731. The number of carboxylic acids is 1. The maximum absolute atomic E-state index is 10.6. The number of benzene rings is 1. The van der Waals surface area contributed by atoms with Crippen LogP contribution in [-0.2, 0) is 17.9 Å². The maximum atomic E-state index is 10.6. The zero-order chi connectivity index (χ0) is 15.7. The van der Waals surface area contributed by atoms with Crippen molar-refractivity contribution in [3.8, 4) is 0 Å². The van der Waals surface area contributed by atoms with Gasteiger partial charge in [0.25, 0.3) is 0 Å². The van der Waals surface area contributed by atoms with Gasteiger partial charge in [-0.05, 0) is 37.6 Å². The SMILES string of the molecule is CCN(CC)Cc1ccccc1CNC(C)CCC(=O)O. The highest BCUT2D eigenvalue weighted by Crippen LogP contribution is 2.12. The minimum Gasteiger partial charge on any atom is -0.481 e. The average molecular weight is 292 g/mol. The van der Waals surface area contributed by atoms with Crippen molar-refractivity contribution in [2.75, 3.05) is 13.1 Å². The Hall–Kier alpha value is -1.39. The Morgan fingerprint density at radius 3 is 2.43 bits per heavy atom. The Kier molecular flexibility index (Phi) is 8.01. The standard InChI is InChI=1S/C17H28N2O2/c1-4-19(5-2)13-16-9-7-6-8-15(16)12-18-14(3)10-11-17(20)21/h6-9,14,18H,4-5,10-13H2,1-3H3,(H,20,21). The molecule has 1 atom stereocenters. The van der Waals surface area contributed by atoms with Gasteiger partial charge >= 0.3 is 5.97 Å². The van der Waals surface area contributed by atoms with Gasteiger partial charge in [0, 0.05) is 25.6 Å². The topological polar surface area (TPSA) is 52.6 Å². The van der Waals surface area contributed by atoms with Crippen molar-refractivity contribution in [1.82, 2.24) is 10.2 Å². The summed E-state index contributed by atoms with van der Waals surface area (Å²) in [7, 11) is 0. The van der Waals surface area contributed by atoms with Crippen LogP contribution in [0.3, 0.4) is 0 Å². The van der Waals surface area contributed by atoms with E-state index in [1.165, 1.54) is 11.1 Å². The third-order valence-corrected chi connectivity index (χ3v) is 3.84. The van der Waals surface area contributed by atoms with Crippen molar-refractivity contribution in [2.24, 2.45) is 0 Å².